The van der Waals surface area contributed by atoms with Gasteiger partial charge >= 0.3 is 11.9 Å². The molecule has 1 aliphatic carbocycles. The number of hydrogen-bond acceptors (Lipinski definition) is 4. The van der Waals surface area contributed by atoms with Gasteiger partial charge in [0.25, 0.3) is 0 Å². The zero-order valence-corrected chi connectivity index (χ0v) is 18.2. The van der Waals surface area contributed by atoms with Crippen molar-refractivity contribution >= 4 is 28.8 Å². The largest absolute Gasteiger partial charge is 0.462 e. The molecule has 2 aromatic rings. The first kappa shape index (κ1) is 22.3. The van der Waals surface area contributed by atoms with E-state index in [1.165, 1.54) is 21.9 Å². The van der Waals surface area contributed by atoms with Crippen molar-refractivity contribution in [1.82, 2.24) is 0 Å². The first-order chi connectivity index (χ1) is 14.8. The lowest BCUT2D eigenvalue weighted by atomic mass is 9.95. The lowest BCUT2D eigenvalue weighted by Gasteiger charge is -2.11. The Bertz CT molecular complexity index is 1100. The maximum atomic E-state index is 11.9. The number of aryl methyl sites for hydroxylation is 1. The molecular weight excluding hydrogens is 388 g/mol. The molecule has 0 N–H and O–H groups in total. The van der Waals surface area contributed by atoms with Gasteiger partial charge in [0.05, 0.1) is 6.61 Å². The van der Waals surface area contributed by atoms with Crippen LogP contribution in [0.3, 0.4) is 0 Å². The first-order valence-electron chi connectivity index (χ1n) is 10.5. The van der Waals surface area contributed by atoms with Gasteiger partial charge in [-0.2, -0.15) is 0 Å². The Hall–Kier alpha value is -3.40. The van der Waals surface area contributed by atoms with Crippen molar-refractivity contribution in [3.63, 3.8) is 0 Å². The van der Waals surface area contributed by atoms with Crippen molar-refractivity contribution in [3.05, 3.63) is 89.2 Å². The van der Waals surface area contributed by atoms with E-state index in [-0.39, 0.29) is 5.97 Å². The Balaban J connectivity index is 1.69. The normalized spacial score (nSPS) is 12.5. The van der Waals surface area contributed by atoms with E-state index in [9.17, 15) is 9.59 Å². The van der Waals surface area contributed by atoms with Crippen molar-refractivity contribution in [2.75, 3.05) is 6.61 Å². The van der Waals surface area contributed by atoms with E-state index in [1.807, 2.05) is 18.2 Å². The molecule has 0 radical (unpaired) electrons. The van der Waals surface area contributed by atoms with E-state index in [4.69, 9.17) is 9.47 Å². The molecule has 0 atom stereocenters. The van der Waals surface area contributed by atoms with Crippen LogP contribution in [0, 0.1) is 0 Å². The Kier molecular flexibility index (Phi) is 7.24. The molecule has 4 nitrogen and oxygen atoms in total. The molecule has 0 aromatic heterocycles. The molecule has 0 heterocycles. The van der Waals surface area contributed by atoms with E-state index in [1.54, 1.807) is 13.8 Å². The van der Waals surface area contributed by atoms with Crippen LogP contribution in [0.5, 0.6) is 0 Å². The van der Waals surface area contributed by atoms with Gasteiger partial charge in [-0.3, -0.25) is 0 Å². The van der Waals surface area contributed by atoms with Crippen molar-refractivity contribution in [2.24, 2.45) is 0 Å². The van der Waals surface area contributed by atoms with Crippen LogP contribution < -0.4 is 0 Å². The monoisotopic (exact) mass is 416 g/mol. The minimum Gasteiger partial charge on any atom is -0.462 e. The fourth-order valence-electron chi connectivity index (χ4n) is 3.45. The minimum atomic E-state index is -0.417. The minimum absolute atomic E-state index is 0.327. The number of carbonyl (C=O) groups is 2. The van der Waals surface area contributed by atoms with Crippen LogP contribution in [0.25, 0.3) is 16.8 Å². The number of rotatable bonds is 8. The molecule has 0 unspecified atom stereocenters. The number of fused-ring (bicyclic) bond motifs is 3. The summed E-state index contributed by atoms with van der Waals surface area (Å²) in [5.41, 5.74) is 4.33. The van der Waals surface area contributed by atoms with Gasteiger partial charge in [-0.15, -0.1) is 0 Å². The van der Waals surface area contributed by atoms with Crippen molar-refractivity contribution in [2.45, 2.75) is 39.5 Å². The second-order valence-electron chi connectivity index (χ2n) is 7.89. The molecule has 0 fully saturated rings. The zero-order valence-electron chi connectivity index (χ0n) is 18.2. The van der Waals surface area contributed by atoms with Crippen LogP contribution in [-0.2, 0) is 31.9 Å². The Morgan fingerprint density at radius 3 is 2.52 bits per heavy atom. The predicted octanol–water partition coefficient (Wildman–Crippen LogP) is 5.85. The van der Waals surface area contributed by atoms with Crippen molar-refractivity contribution in [3.8, 4) is 0 Å². The highest BCUT2D eigenvalue weighted by molar-refractivity contribution is 5.91. The molecule has 31 heavy (non-hydrogen) atoms. The Morgan fingerprint density at radius 2 is 1.77 bits per heavy atom. The summed E-state index contributed by atoms with van der Waals surface area (Å²) >= 11 is 0. The lowest BCUT2D eigenvalue weighted by Crippen LogP contribution is -2.06. The van der Waals surface area contributed by atoms with Gasteiger partial charge in [-0.05, 0) is 79.1 Å². The summed E-state index contributed by atoms with van der Waals surface area (Å²) in [6.07, 6.45) is 9.22. The fraction of sp³-hybridized carbons (Fsp3) is 0.259. The Labute approximate surface area is 183 Å². The molecular formula is C27H28O4. The molecule has 0 aliphatic heterocycles. The van der Waals surface area contributed by atoms with E-state index >= 15 is 0 Å². The number of ether oxygens (including phenoxy) is 2. The quantitative estimate of drug-likeness (QED) is 0.307. The van der Waals surface area contributed by atoms with Crippen LogP contribution >= 0.6 is 0 Å². The van der Waals surface area contributed by atoms with Crippen LogP contribution in [0.2, 0.25) is 0 Å². The molecule has 0 amide bonds. The first-order valence-corrected chi connectivity index (χ1v) is 10.5. The SMILES string of the molecule is C=C(C)C(=O)OCCCCc1ccc2c3c(ccc2c1)C=C(OC(=O)C(=C)C)C=CC3. The highest BCUT2D eigenvalue weighted by atomic mass is 16.5. The van der Waals surface area contributed by atoms with Crippen molar-refractivity contribution < 1.29 is 19.1 Å². The Morgan fingerprint density at radius 1 is 1.00 bits per heavy atom. The predicted molar refractivity (Wildman–Crippen MR) is 124 cm³/mol. The van der Waals surface area contributed by atoms with E-state index in [0.717, 1.165) is 31.2 Å². The molecule has 0 bridgehead atoms. The number of carbonyl (C=O) groups excluding carboxylic acids is 2. The van der Waals surface area contributed by atoms with Crippen LogP contribution in [0.1, 0.15) is 43.4 Å². The number of benzene rings is 2. The third-order valence-corrected chi connectivity index (χ3v) is 5.13. The average molecular weight is 417 g/mol. The van der Waals surface area contributed by atoms with Gasteiger partial charge in [-0.1, -0.05) is 49.6 Å². The molecule has 160 valence electrons. The summed E-state index contributed by atoms with van der Waals surface area (Å²) in [4.78, 5) is 23.3. The standard InChI is InChI=1S/C27H28O4/c1-18(2)26(28)30-15-6-5-8-20-11-14-25-21(16-20)12-13-22-17-23(9-7-10-24(22)25)31-27(29)19(3)4/h7,9,11-14,16-17H,1,3,5-6,8,10,15H2,2,4H3. The number of hydrogen-bond donors (Lipinski definition) is 0. The highest BCUT2D eigenvalue weighted by Crippen LogP contribution is 2.29. The topological polar surface area (TPSA) is 52.6 Å². The van der Waals surface area contributed by atoms with Crippen LogP contribution in [0.15, 0.2) is 72.5 Å². The third-order valence-electron chi connectivity index (χ3n) is 5.13. The second kappa shape index (κ2) is 10.1. The van der Waals surface area contributed by atoms with Gasteiger partial charge in [0, 0.05) is 11.1 Å². The molecule has 0 saturated carbocycles. The van der Waals surface area contributed by atoms with Gasteiger partial charge < -0.3 is 9.47 Å². The molecule has 1 aliphatic rings. The second-order valence-corrected chi connectivity index (χ2v) is 7.89. The number of unbranched alkanes of at least 4 members (excludes halogenated alkanes) is 1. The van der Waals surface area contributed by atoms with Gasteiger partial charge in [0.15, 0.2) is 0 Å². The molecule has 2 aromatic carbocycles. The van der Waals surface area contributed by atoms with Crippen molar-refractivity contribution in [1.29, 1.82) is 0 Å². The molecule has 0 spiro atoms. The highest BCUT2D eigenvalue weighted by Gasteiger charge is 2.12. The van der Waals surface area contributed by atoms with Gasteiger partial charge in [0.2, 0.25) is 0 Å². The summed E-state index contributed by atoms with van der Waals surface area (Å²) < 4.78 is 10.6. The number of esters is 2. The van der Waals surface area contributed by atoms with E-state index < -0.39 is 5.97 Å². The summed E-state index contributed by atoms with van der Waals surface area (Å²) in [5.74, 6) is -0.221. The fourth-order valence-corrected chi connectivity index (χ4v) is 3.45. The maximum absolute atomic E-state index is 11.9. The summed E-state index contributed by atoms with van der Waals surface area (Å²) in [7, 11) is 0. The average Bonchev–Trinajstić information content (AvgIpc) is 2.94. The summed E-state index contributed by atoms with van der Waals surface area (Å²) in [6.45, 7) is 10.9. The summed E-state index contributed by atoms with van der Waals surface area (Å²) in [6, 6.07) is 10.7. The van der Waals surface area contributed by atoms with E-state index in [2.05, 4.69) is 43.5 Å². The van der Waals surface area contributed by atoms with E-state index in [0.29, 0.717) is 23.5 Å². The van der Waals surface area contributed by atoms with Crippen LogP contribution in [-0.4, -0.2) is 18.5 Å². The maximum Gasteiger partial charge on any atom is 0.338 e. The van der Waals surface area contributed by atoms with Gasteiger partial charge in [-0.25, -0.2) is 9.59 Å². The zero-order chi connectivity index (χ0) is 22.4. The molecule has 4 heteroatoms. The van der Waals surface area contributed by atoms with Crippen LogP contribution in [0.4, 0.5) is 0 Å². The molecule has 0 saturated heterocycles. The number of allylic oxidation sites excluding steroid dienone is 2. The molecule has 3 rings (SSSR count). The summed E-state index contributed by atoms with van der Waals surface area (Å²) in [5, 5.41) is 2.39. The lowest BCUT2D eigenvalue weighted by molar-refractivity contribution is -0.139. The van der Waals surface area contributed by atoms with Gasteiger partial charge in [0.1, 0.15) is 5.76 Å². The smallest absolute Gasteiger partial charge is 0.338 e. The third kappa shape index (κ3) is 5.82.